The fourth-order valence-electron chi connectivity index (χ4n) is 1.24. The molecule has 0 spiro atoms. The number of thioether (sulfide) groups is 1. The molecule has 0 saturated carbocycles. The maximum atomic E-state index is 13.6. The molecule has 0 N–H and O–H groups in total. The summed E-state index contributed by atoms with van der Waals surface area (Å²) in [5.41, 5.74) is 0. The minimum absolute atomic E-state index is 0. The molecule has 2 nitrogen and oxygen atoms in total. The van der Waals surface area contributed by atoms with Crippen LogP contribution in [0.1, 0.15) is 0 Å². The first-order chi connectivity index (χ1) is 10.6. The van der Waals surface area contributed by atoms with E-state index >= 15 is 0 Å². The molecule has 0 saturated heterocycles. The van der Waals surface area contributed by atoms with E-state index in [0.29, 0.717) is 0 Å². The van der Waals surface area contributed by atoms with Gasteiger partial charge in [-0.1, -0.05) is 29.3 Å². The summed E-state index contributed by atoms with van der Waals surface area (Å²) in [6.07, 6.45) is 0. The van der Waals surface area contributed by atoms with E-state index < -0.39 is 60.1 Å². The topological polar surface area (TPSA) is 40.1 Å². The molecule has 0 radical (unpaired) electrons. The first-order valence-corrected chi connectivity index (χ1v) is 7.98. The SMILES string of the molecule is O=S([O-])C(F)(F)C(F)(F)C(F)(F)C(F)(F)Sc1c(Cl)cccc1Cl.[Li+]. The van der Waals surface area contributed by atoms with E-state index in [1.54, 1.807) is 0 Å². The largest absolute Gasteiger partial charge is 1.00 e. The molecule has 0 aromatic heterocycles. The molecule has 138 valence electrons. The average molecular weight is 449 g/mol. The zero-order valence-corrected chi connectivity index (χ0v) is 14.8. The van der Waals surface area contributed by atoms with Crippen LogP contribution < -0.4 is 18.9 Å². The van der Waals surface area contributed by atoms with E-state index in [2.05, 4.69) is 0 Å². The van der Waals surface area contributed by atoms with E-state index in [1.807, 2.05) is 0 Å². The maximum Gasteiger partial charge on any atom is 1.00 e. The maximum absolute atomic E-state index is 13.6. The smallest absolute Gasteiger partial charge is 0.768 e. The Bertz CT molecular complexity index is 642. The third-order valence-electron chi connectivity index (χ3n) is 2.48. The van der Waals surface area contributed by atoms with Crippen LogP contribution in [-0.2, 0) is 11.1 Å². The van der Waals surface area contributed by atoms with E-state index in [1.165, 1.54) is 0 Å². The molecule has 0 amide bonds. The summed E-state index contributed by atoms with van der Waals surface area (Å²) in [4.78, 5) is -0.979. The van der Waals surface area contributed by atoms with Crippen molar-refractivity contribution in [2.45, 2.75) is 27.2 Å². The molecule has 0 heterocycles. The fraction of sp³-hybridized carbons (Fsp3) is 0.400. The molecule has 1 aromatic carbocycles. The van der Waals surface area contributed by atoms with Gasteiger partial charge in [-0.05, 0) is 23.9 Å². The minimum Gasteiger partial charge on any atom is -0.768 e. The molecule has 1 aromatic rings. The Hall–Kier alpha value is 0.297. The number of rotatable bonds is 6. The Morgan fingerprint density at radius 3 is 1.68 bits per heavy atom. The summed E-state index contributed by atoms with van der Waals surface area (Å²) in [7, 11) is 0. The molecule has 1 unspecified atom stereocenters. The first-order valence-electron chi connectivity index (χ1n) is 5.33. The van der Waals surface area contributed by atoms with Crippen molar-refractivity contribution in [2.75, 3.05) is 0 Å². The second kappa shape index (κ2) is 8.12. The van der Waals surface area contributed by atoms with Gasteiger partial charge in [-0.3, -0.25) is 4.21 Å². The molecule has 0 bridgehead atoms. The van der Waals surface area contributed by atoms with Gasteiger partial charge in [0.2, 0.25) is 0 Å². The van der Waals surface area contributed by atoms with Crippen molar-refractivity contribution in [1.29, 1.82) is 0 Å². The van der Waals surface area contributed by atoms with Crippen LogP contribution in [-0.4, -0.2) is 31.1 Å². The zero-order valence-electron chi connectivity index (χ0n) is 11.6. The van der Waals surface area contributed by atoms with Gasteiger partial charge in [-0.15, -0.1) is 0 Å². The zero-order chi connectivity index (χ0) is 19.1. The van der Waals surface area contributed by atoms with Gasteiger partial charge in [0.15, 0.2) is 0 Å². The van der Waals surface area contributed by atoms with Gasteiger partial charge in [0.05, 0.1) is 14.9 Å². The quantitative estimate of drug-likeness (QED) is 0.290. The van der Waals surface area contributed by atoms with E-state index in [9.17, 15) is 43.9 Å². The van der Waals surface area contributed by atoms with E-state index in [0.717, 1.165) is 18.2 Å². The monoisotopic (exact) mass is 448 g/mol. The summed E-state index contributed by atoms with van der Waals surface area (Å²) in [5.74, 6) is -13.7. The van der Waals surface area contributed by atoms with Crippen molar-refractivity contribution in [3.8, 4) is 0 Å². The predicted molar refractivity (Wildman–Crippen MR) is 71.0 cm³/mol. The fourth-order valence-corrected chi connectivity index (χ4v) is 3.05. The van der Waals surface area contributed by atoms with E-state index in [4.69, 9.17) is 23.2 Å². The van der Waals surface area contributed by atoms with Crippen molar-refractivity contribution in [2.24, 2.45) is 0 Å². The van der Waals surface area contributed by atoms with Crippen molar-refractivity contribution < 1.29 is 62.7 Å². The van der Waals surface area contributed by atoms with Crippen LogP contribution >= 0.6 is 35.0 Å². The molecule has 25 heavy (non-hydrogen) atoms. The molecule has 0 aliphatic carbocycles. The molecular formula is C10H3Cl2F8LiO2S2. The predicted octanol–water partition coefficient (Wildman–Crippen LogP) is 2.42. The number of alkyl halides is 8. The number of benzene rings is 1. The van der Waals surface area contributed by atoms with Gasteiger partial charge < -0.3 is 4.55 Å². The Labute approximate surface area is 164 Å². The second-order valence-corrected chi connectivity index (χ2v) is 6.99. The molecule has 1 atom stereocenters. The van der Waals surface area contributed by atoms with Crippen molar-refractivity contribution >= 4 is 46.0 Å². The van der Waals surface area contributed by atoms with Crippen LogP contribution in [0.15, 0.2) is 23.1 Å². The molecule has 1 rings (SSSR count). The van der Waals surface area contributed by atoms with Gasteiger partial charge in [-0.2, -0.15) is 35.1 Å². The van der Waals surface area contributed by atoms with Crippen LogP contribution in [0.3, 0.4) is 0 Å². The van der Waals surface area contributed by atoms with Crippen molar-refractivity contribution in [1.82, 2.24) is 0 Å². The van der Waals surface area contributed by atoms with Gasteiger partial charge >= 0.3 is 41.2 Å². The van der Waals surface area contributed by atoms with Crippen molar-refractivity contribution in [3.63, 3.8) is 0 Å². The van der Waals surface area contributed by atoms with Crippen LogP contribution in [0.4, 0.5) is 35.1 Å². The van der Waals surface area contributed by atoms with Crippen LogP contribution in [0.25, 0.3) is 0 Å². The van der Waals surface area contributed by atoms with Crippen molar-refractivity contribution in [3.05, 3.63) is 28.2 Å². The molecule has 0 aliphatic heterocycles. The van der Waals surface area contributed by atoms with Gasteiger partial charge in [0.25, 0.3) is 0 Å². The number of hydrogen-bond acceptors (Lipinski definition) is 3. The summed E-state index contributed by atoms with van der Waals surface area (Å²) in [5, 5.41) is -13.6. The summed E-state index contributed by atoms with van der Waals surface area (Å²) in [6.45, 7) is 0. The molecule has 0 aliphatic rings. The summed E-state index contributed by atoms with van der Waals surface area (Å²) in [6, 6.07) is 2.93. The van der Waals surface area contributed by atoms with Crippen LogP contribution in [0, 0.1) is 0 Å². The van der Waals surface area contributed by atoms with Gasteiger partial charge in [0.1, 0.15) is 0 Å². The first kappa shape index (κ1) is 25.3. The van der Waals surface area contributed by atoms with Gasteiger partial charge in [-0.25, -0.2) is 0 Å². The molecule has 0 fully saturated rings. The molecule has 15 heteroatoms. The Morgan fingerprint density at radius 2 is 1.32 bits per heavy atom. The van der Waals surface area contributed by atoms with Gasteiger partial charge in [0, 0.05) is 11.1 Å². The standard InChI is InChI=1S/C10H4Cl2F8O2S2.Li/c11-4-2-1-3-5(12)6(4)23-9(17,18)7(13,14)8(15,16)10(19,20)24(21)22;/h1-3H,(H,21,22);/q;+1/p-1. The normalized spacial score (nSPS) is 14.8. The average Bonchev–Trinajstić information content (AvgIpc) is 2.42. The summed E-state index contributed by atoms with van der Waals surface area (Å²) >= 11 is 4.45. The Balaban J connectivity index is 0.00000576. The number of hydrogen-bond donors (Lipinski definition) is 0. The Morgan fingerprint density at radius 1 is 0.920 bits per heavy atom. The van der Waals surface area contributed by atoms with Crippen LogP contribution in [0.5, 0.6) is 0 Å². The van der Waals surface area contributed by atoms with E-state index in [-0.39, 0.29) is 18.9 Å². The third-order valence-corrected chi connectivity index (χ3v) is 5.17. The summed E-state index contributed by atoms with van der Waals surface area (Å²) < 4.78 is 126. The third kappa shape index (κ3) is 4.42. The Kier molecular flexibility index (Phi) is 8.22. The van der Waals surface area contributed by atoms with Crippen LogP contribution in [0.2, 0.25) is 10.0 Å². The number of halogens is 10. The minimum atomic E-state index is -6.92. The molecular weight excluding hydrogens is 446 g/mol. The second-order valence-electron chi connectivity index (χ2n) is 4.07.